The van der Waals surface area contributed by atoms with E-state index in [1.807, 2.05) is 0 Å². The van der Waals surface area contributed by atoms with Gasteiger partial charge in [0.25, 0.3) is 23.6 Å². The highest BCUT2D eigenvalue weighted by atomic mass is 16.5. The molecular formula is C18H24N2O6. The minimum absolute atomic E-state index is 0.202. The molecule has 4 amide bonds. The normalized spacial score (nSPS) is 18.3. The van der Waals surface area contributed by atoms with Crippen molar-refractivity contribution in [2.75, 3.05) is 39.5 Å². The second-order valence-corrected chi connectivity index (χ2v) is 6.25. The van der Waals surface area contributed by atoms with Gasteiger partial charge in [0.05, 0.1) is 39.5 Å². The molecule has 0 aromatic heterocycles. The summed E-state index contributed by atoms with van der Waals surface area (Å²) in [5, 5.41) is 0. The molecule has 0 radical (unpaired) electrons. The van der Waals surface area contributed by atoms with Crippen LogP contribution in [0.2, 0.25) is 0 Å². The Morgan fingerprint density at radius 2 is 0.808 bits per heavy atom. The number of rotatable bonds is 9. The molecule has 0 atom stereocenters. The van der Waals surface area contributed by atoms with E-state index in [1.54, 1.807) is 27.7 Å². The lowest BCUT2D eigenvalue weighted by Gasteiger charge is -2.16. The minimum Gasteiger partial charge on any atom is -0.377 e. The minimum atomic E-state index is -0.272. The van der Waals surface area contributed by atoms with E-state index in [4.69, 9.17) is 9.47 Å². The van der Waals surface area contributed by atoms with E-state index in [-0.39, 0.29) is 49.9 Å². The molecule has 8 nitrogen and oxygen atoms in total. The van der Waals surface area contributed by atoms with Crippen LogP contribution in [0.3, 0.4) is 0 Å². The lowest BCUT2D eigenvalue weighted by atomic mass is 10.2. The summed E-state index contributed by atoms with van der Waals surface area (Å²) in [4.78, 5) is 49.8. The molecule has 0 saturated heterocycles. The Morgan fingerprint density at radius 1 is 0.538 bits per heavy atom. The Kier molecular flexibility index (Phi) is 6.44. The van der Waals surface area contributed by atoms with Gasteiger partial charge < -0.3 is 9.47 Å². The number of ether oxygens (including phenoxy) is 2. The van der Waals surface area contributed by atoms with E-state index in [1.165, 1.54) is 9.80 Å². The molecule has 8 heteroatoms. The van der Waals surface area contributed by atoms with Crippen LogP contribution in [0.15, 0.2) is 22.3 Å². The number of carbonyl (C=O) groups excluding carboxylic acids is 4. The summed E-state index contributed by atoms with van der Waals surface area (Å²) in [6, 6.07) is 0. The largest absolute Gasteiger partial charge is 0.377 e. The average molecular weight is 364 g/mol. The van der Waals surface area contributed by atoms with Crippen LogP contribution in [-0.2, 0) is 28.7 Å². The fraction of sp³-hybridized carbons (Fsp3) is 0.556. The third kappa shape index (κ3) is 3.91. The van der Waals surface area contributed by atoms with E-state index < -0.39 is 0 Å². The van der Waals surface area contributed by atoms with Gasteiger partial charge in [0.1, 0.15) is 0 Å². The Balaban J connectivity index is 1.56. The van der Waals surface area contributed by atoms with Gasteiger partial charge in [-0.15, -0.1) is 0 Å². The molecule has 0 spiro atoms. The molecule has 2 aliphatic rings. The van der Waals surface area contributed by atoms with Gasteiger partial charge in [-0.1, -0.05) is 0 Å². The summed E-state index contributed by atoms with van der Waals surface area (Å²) in [5.74, 6) is -1.09. The van der Waals surface area contributed by atoms with Crippen molar-refractivity contribution in [1.82, 2.24) is 9.80 Å². The van der Waals surface area contributed by atoms with Gasteiger partial charge in [0.15, 0.2) is 0 Å². The van der Waals surface area contributed by atoms with Crippen LogP contribution in [0.5, 0.6) is 0 Å². The average Bonchev–Trinajstić information content (AvgIpc) is 2.92. The third-order valence-corrected chi connectivity index (χ3v) is 4.68. The van der Waals surface area contributed by atoms with E-state index in [0.717, 1.165) is 0 Å². The Labute approximate surface area is 152 Å². The Hall–Kier alpha value is -2.32. The molecule has 2 heterocycles. The summed E-state index contributed by atoms with van der Waals surface area (Å²) in [7, 11) is 0. The second kappa shape index (κ2) is 8.37. The van der Waals surface area contributed by atoms with Crippen LogP contribution < -0.4 is 0 Å². The number of amides is 4. The Bertz CT molecular complexity index is 598. The van der Waals surface area contributed by atoms with E-state index in [9.17, 15) is 19.2 Å². The molecule has 0 bridgehead atoms. The van der Waals surface area contributed by atoms with Gasteiger partial charge in [0.2, 0.25) is 0 Å². The zero-order valence-electron chi connectivity index (χ0n) is 15.6. The molecule has 0 aromatic carbocycles. The van der Waals surface area contributed by atoms with Crippen LogP contribution in [0.25, 0.3) is 0 Å². The van der Waals surface area contributed by atoms with Crippen molar-refractivity contribution in [3.05, 3.63) is 22.3 Å². The monoisotopic (exact) mass is 364 g/mol. The molecule has 0 unspecified atom stereocenters. The van der Waals surface area contributed by atoms with E-state index >= 15 is 0 Å². The fourth-order valence-electron chi connectivity index (χ4n) is 2.68. The lowest BCUT2D eigenvalue weighted by molar-refractivity contribution is -0.140. The van der Waals surface area contributed by atoms with Crippen LogP contribution in [0, 0.1) is 0 Å². The van der Waals surface area contributed by atoms with E-state index in [0.29, 0.717) is 35.5 Å². The van der Waals surface area contributed by atoms with E-state index in [2.05, 4.69) is 0 Å². The van der Waals surface area contributed by atoms with Crippen molar-refractivity contribution < 1.29 is 28.7 Å². The first-order valence-corrected chi connectivity index (χ1v) is 8.50. The molecule has 0 saturated carbocycles. The maximum absolute atomic E-state index is 11.9. The molecule has 26 heavy (non-hydrogen) atoms. The molecule has 0 aromatic rings. The predicted octanol–water partition coefficient (Wildman–Crippen LogP) is 0.430. The van der Waals surface area contributed by atoms with Crippen molar-refractivity contribution in [1.29, 1.82) is 0 Å². The first-order chi connectivity index (χ1) is 12.3. The predicted molar refractivity (Wildman–Crippen MR) is 91.8 cm³/mol. The molecular weight excluding hydrogens is 340 g/mol. The number of hydrogen-bond acceptors (Lipinski definition) is 6. The summed E-state index contributed by atoms with van der Waals surface area (Å²) in [6.45, 7) is 7.99. The van der Waals surface area contributed by atoms with Crippen LogP contribution in [-0.4, -0.2) is 72.9 Å². The smallest absolute Gasteiger partial charge is 0.256 e. The number of carbonyl (C=O) groups is 4. The van der Waals surface area contributed by atoms with Crippen LogP contribution in [0.1, 0.15) is 27.7 Å². The topological polar surface area (TPSA) is 93.2 Å². The van der Waals surface area contributed by atoms with Gasteiger partial charge in [-0.25, -0.2) is 0 Å². The first-order valence-electron chi connectivity index (χ1n) is 8.50. The summed E-state index contributed by atoms with van der Waals surface area (Å²) in [5.41, 5.74) is 1.90. The van der Waals surface area contributed by atoms with Gasteiger partial charge in [-0.05, 0) is 27.7 Å². The summed E-state index contributed by atoms with van der Waals surface area (Å²) < 4.78 is 10.7. The van der Waals surface area contributed by atoms with Gasteiger partial charge in [-0.3, -0.25) is 29.0 Å². The number of hydrogen-bond donors (Lipinski definition) is 0. The first kappa shape index (κ1) is 20.0. The van der Waals surface area contributed by atoms with Gasteiger partial charge in [0, 0.05) is 22.3 Å². The SMILES string of the molecule is CC1=C(C)C(=O)N(CCOCCOCCN2C(=O)C(C)=C(C)C2=O)C1=O. The second-order valence-electron chi connectivity index (χ2n) is 6.25. The number of imide groups is 2. The van der Waals surface area contributed by atoms with Crippen molar-refractivity contribution in [2.45, 2.75) is 27.7 Å². The van der Waals surface area contributed by atoms with Crippen LogP contribution >= 0.6 is 0 Å². The highest BCUT2D eigenvalue weighted by molar-refractivity contribution is 6.19. The zero-order valence-corrected chi connectivity index (χ0v) is 15.6. The quantitative estimate of drug-likeness (QED) is 0.435. The molecule has 0 fully saturated rings. The lowest BCUT2D eigenvalue weighted by Crippen LogP contribution is -2.35. The molecule has 2 aliphatic heterocycles. The highest BCUT2D eigenvalue weighted by Gasteiger charge is 2.33. The molecule has 2 rings (SSSR count). The van der Waals surface area contributed by atoms with Crippen molar-refractivity contribution in [2.24, 2.45) is 0 Å². The summed E-state index contributed by atoms with van der Waals surface area (Å²) >= 11 is 0. The maximum Gasteiger partial charge on any atom is 0.256 e. The Morgan fingerprint density at radius 3 is 1.08 bits per heavy atom. The molecule has 142 valence electrons. The van der Waals surface area contributed by atoms with Gasteiger partial charge in [-0.2, -0.15) is 0 Å². The highest BCUT2D eigenvalue weighted by Crippen LogP contribution is 2.19. The summed E-state index contributed by atoms with van der Waals surface area (Å²) in [6.07, 6.45) is 0. The van der Waals surface area contributed by atoms with Crippen molar-refractivity contribution >= 4 is 23.6 Å². The molecule has 0 aliphatic carbocycles. The fourth-order valence-corrected chi connectivity index (χ4v) is 2.68. The zero-order chi connectivity index (χ0) is 19.4. The maximum atomic E-state index is 11.9. The van der Waals surface area contributed by atoms with Crippen LogP contribution in [0.4, 0.5) is 0 Å². The van der Waals surface area contributed by atoms with Crippen molar-refractivity contribution in [3.63, 3.8) is 0 Å². The number of nitrogens with zero attached hydrogens (tertiary/aromatic N) is 2. The standard InChI is InChI=1S/C18H24N2O6/c1-11-12(2)16(22)19(15(11)21)5-7-25-9-10-26-8-6-20-17(23)13(3)14(4)18(20)24/h5-10H2,1-4H3. The third-order valence-electron chi connectivity index (χ3n) is 4.68. The molecule has 0 N–H and O–H groups in total. The van der Waals surface area contributed by atoms with Crippen molar-refractivity contribution in [3.8, 4) is 0 Å². The van der Waals surface area contributed by atoms with Gasteiger partial charge >= 0.3 is 0 Å².